The summed E-state index contributed by atoms with van der Waals surface area (Å²) >= 11 is 0. The maximum Gasteiger partial charge on any atom is 0.316 e. The number of nitrogens with two attached hydrogens (primary N) is 1. The number of nitrogens with one attached hydrogen (secondary N) is 1. The maximum atomic E-state index is 10.7. The smallest absolute Gasteiger partial charge is 0.316 e. The van der Waals surface area contributed by atoms with Gasteiger partial charge in [0, 0.05) is 5.69 Å². The molecule has 0 bridgehead atoms. The highest BCUT2D eigenvalue weighted by molar-refractivity contribution is 5.88. The van der Waals surface area contributed by atoms with Crippen molar-refractivity contribution < 1.29 is 14.7 Å². The standard InChI is InChI=1S/C10H12N2O3/c1-6(9(13)14)7-3-2-4-8(5-7)12-10(11)15/h2-6H,1H3,(H,13,14)(H3,11,12,15)/t6-/m1/s1. The molecule has 1 atom stereocenters. The number of carbonyl (C=O) groups excluding carboxylic acids is 1. The first-order chi connectivity index (χ1) is 7.00. The highest BCUT2D eigenvalue weighted by Gasteiger charge is 2.13. The molecule has 0 aliphatic rings. The number of carboxylic acid groups (broad SMARTS) is 1. The number of carboxylic acids is 1. The molecule has 80 valence electrons. The first-order valence-electron chi connectivity index (χ1n) is 4.40. The number of carbonyl (C=O) groups is 2. The third-order valence-electron chi connectivity index (χ3n) is 2.02. The zero-order valence-electron chi connectivity index (χ0n) is 8.23. The zero-order chi connectivity index (χ0) is 11.4. The van der Waals surface area contributed by atoms with Crippen LogP contribution in [0.3, 0.4) is 0 Å². The van der Waals surface area contributed by atoms with Crippen molar-refractivity contribution in [2.24, 2.45) is 5.73 Å². The molecule has 0 aliphatic heterocycles. The van der Waals surface area contributed by atoms with Gasteiger partial charge in [0.2, 0.25) is 0 Å². The Hall–Kier alpha value is -2.04. The van der Waals surface area contributed by atoms with E-state index in [1.807, 2.05) is 0 Å². The minimum absolute atomic E-state index is 0.494. The van der Waals surface area contributed by atoms with Crippen molar-refractivity contribution in [3.8, 4) is 0 Å². The van der Waals surface area contributed by atoms with Crippen LogP contribution in [-0.2, 0) is 4.79 Å². The summed E-state index contributed by atoms with van der Waals surface area (Å²) in [4.78, 5) is 21.3. The van der Waals surface area contributed by atoms with Crippen molar-refractivity contribution in [2.75, 3.05) is 5.32 Å². The van der Waals surface area contributed by atoms with Crippen molar-refractivity contribution in [1.29, 1.82) is 0 Å². The molecule has 0 fully saturated rings. The van der Waals surface area contributed by atoms with Gasteiger partial charge in [0.1, 0.15) is 0 Å². The molecule has 1 aromatic rings. The van der Waals surface area contributed by atoms with E-state index in [0.29, 0.717) is 11.3 Å². The Balaban J connectivity index is 2.92. The van der Waals surface area contributed by atoms with Gasteiger partial charge < -0.3 is 16.2 Å². The predicted molar refractivity (Wildman–Crippen MR) is 55.7 cm³/mol. The van der Waals surface area contributed by atoms with Crippen LogP contribution in [0.25, 0.3) is 0 Å². The normalized spacial score (nSPS) is 11.8. The third kappa shape index (κ3) is 2.98. The minimum Gasteiger partial charge on any atom is -0.481 e. The largest absolute Gasteiger partial charge is 0.481 e. The molecule has 0 saturated heterocycles. The molecular formula is C10H12N2O3. The monoisotopic (exact) mass is 208 g/mol. The lowest BCUT2D eigenvalue weighted by Gasteiger charge is -2.08. The molecule has 5 heteroatoms. The van der Waals surface area contributed by atoms with Crippen LogP contribution in [0.1, 0.15) is 18.4 Å². The zero-order valence-corrected chi connectivity index (χ0v) is 8.23. The number of hydrogen-bond acceptors (Lipinski definition) is 2. The molecule has 0 aliphatic carbocycles. The van der Waals surface area contributed by atoms with Crippen LogP contribution >= 0.6 is 0 Å². The number of anilines is 1. The molecule has 0 spiro atoms. The van der Waals surface area contributed by atoms with E-state index >= 15 is 0 Å². The van der Waals surface area contributed by atoms with Gasteiger partial charge in [0.25, 0.3) is 0 Å². The second kappa shape index (κ2) is 4.45. The number of hydrogen-bond donors (Lipinski definition) is 3. The Bertz CT molecular complexity index is 390. The average molecular weight is 208 g/mol. The van der Waals surface area contributed by atoms with E-state index in [4.69, 9.17) is 10.8 Å². The van der Waals surface area contributed by atoms with Crippen LogP contribution in [0.4, 0.5) is 10.5 Å². The van der Waals surface area contributed by atoms with Crippen LogP contribution < -0.4 is 11.1 Å². The fourth-order valence-electron chi connectivity index (χ4n) is 1.17. The van der Waals surface area contributed by atoms with E-state index in [9.17, 15) is 9.59 Å². The molecule has 0 unspecified atom stereocenters. The average Bonchev–Trinajstić information content (AvgIpc) is 2.16. The van der Waals surface area contributed by atoms with Gasteiger partial charge in [-0.1, -0.05) is 12.1 Å². The van der Waals surface area contributed by atoms with Crippen LogP contribution in [0.5, 0.6) is 0 Å². The Morgan fingerprint density at radius 3 is 2.67 bits per heavy atom. The number of aliphatic carboxylic acids is 1. The minimum atomic E-state index is -0.911. The van der Waals surface area contributed by atoms with Gasteiger partial charge in [-0.05, 0) is 24.6 Å². The molecule has 1 rings (SSSR count). The van der Waals surface area contributed by atoms with E-state index in [1.54, 1.807) is 31.2 Å². The number of benzene rings is 1. The summed E-state index contributed by atoms with van der Waals surface area (Å²) in [5.74, 6) is -1.52. The third-order valence-corrected chi connectivity index (χ3v) is 2.02. The molecule has 0 radical (unpaired) electrons. The van der Waals surface area contributed by atoms with Crippen LogP contribution in [0.2, 0.25) is 0 Å². The Labute approximate surface area is 86.9 Å². The first kappa shape index (κ1) is 11.0. The van der Waals surface area contributed by atoms with E-state index in [2.05, 4.69) is 5.32 Å². The van der Waals surface area contributed by atoms with Crippen molar-refractivity contribution >= 4 is 17.7 Å². The summed E-state index contributed by atoms with van der Waals surface area (Å²) in [6.45, 7) is 1.58. The Kier molecular flexibility index (Phi) is 3.28. The lowest BCUT2D eigenvalue weighted by Crippen LogP contribution is -2.19. The van der Waals surface area contributed by atoms with Gasteiger partial charge in [0.05, 0.1) is 5.92 Å². The summed E-state index contributed by atoms with van der Waals surface area (Å²) in [5.41, 5.74) is 6.06. The maximum absolute atomic E-state index is 10.7. The van der Waals surface area contributed by atoms with Crippen molar-refractivity contribution in [2.45, 2.75) is 12.8 Å². The highest BCUT2D eigenvalue weighted by Crippen LogP contribution is 2.19. The number of urea groups is 1. The first-order valence-corrected chi connectivity index (χ1v) is 4.40. The van der Waals surface area contributed by atoms with Gasteiger partial charge >= 0.3 is 12.0 Å². The van der Waals surface area contributed by atoms with Gasteiger partial charge in [0.15, 0.2) is 0 Å². The van der Waals surface area contributed by atoms with E-state index in [-0.39, 0.29) is 0 Å². The molecule has 0 aromatic heterocycles. The molecule has 0 saturated carbocycles. The molecule has 2 amide bonds. The fraction of sp³-hybridized carbons (Fsp3) is 0.200. The summed E-state index contributed by atoms with van der Waals surface area (Å²) in [6, 6.07) is 5.91. The summed E-state index contributed by atoms with van der Waals surface area (Å²) < 4.78 is 0. The summed E-state index contributed by atoms with van der Waals surface area (Å²) in [7, 11) is 0. The fourth-order valence-corrected chi connectivity index (χ4v) is 1.17. The van der Waals surface area contributed by atoms with Gasteiger partial charge in [-0.15, -0.1) is 0 Å². The molecule has 4 N–H and O–H groups in total. The van der Waals surface area contributed by atoms with Gasteiger partial charge in [-0.25, -0.2) is 4.79 Å². The van der Waals surface area contributed by atoms with Crippen molar-refractivity contribution in [3.05, 3.63) is 29.8 Å². The number of rotatable bonds is 3. The summed E-state index contributed by atoms with van der Waals surface area (Å²) in [6.07, 6.45) is 0. The van der Waals surface area contributed by atoms with Gasteiger partial charge in [-0.2, -0.15) is 0 Å². The second-order valence-corrected chi connectivity index (χ2v) is 3.17. The topological polar surface area (TPSA) is 92.4 Å². The lowest BCUT2D eigenvalue weighted by atomic mass is 10.0. The van der Waals surface area contributed by atoms with E-state index in [1.165, 1.54) is 0 Å². The van der Waals surface area contributed by atoms with Gasteiger partial charge in [-0.3, -0.25) is 4.79 Å². The Morgan fingerprint density at radius 2 is 2.13 bits per heavy atom. The molecule has 0 heterocycles. The molecular weight excluding hydrogens is 196 g/mol. The predicted octanol–water partition coefficient (Wildman–Crippen LogP) is 1.37. The van der Waals surface area contributed by atoms with Crippen molar-refractivity contribution in [1.82, 2.24) is 0 Å². The SMILES string of the molecule is C[C@@H](C(=O)O)c1cccc(NC(N)=O)c1. The van der Waals surface area contributed by atoms with Crippen molar-refractivity contribution in [3.63, 3.8) is 0 Å². The van der Waals surface area contributed by atoms with Crippen LogP contribution in [-0.4, -0.2) is 17.1 Å². The number of primary amides is 1. The highest BCUT2D eigenvalue weighted by atomic mass is 16.4. The van der Waals surface area contributed by atoms with Crippen LogP contribution in [0, 0.1) is 0 Å². The molecule has 1 aromatic carbocycles. The Morgan fingerprint density at radius 1 is 1.47 bits per heavy atom. The van der Waals surface area contributed by atoms with E-state index < -0.39 is 17.9 Å². The molecule has 15 heavy (non-hydrogen) atoms. The lowest BCUT2D eigenvalue weighted by molar-refractivity contribution is -0.138. The van der Waals surface area contributed by atoms with E-state index in [0.717, 1.165) is 0 Å². The summed E-state index contributed by atoms with van der Waals surface area (Å²) in [5, 5.41) is 11.2. The quantitative estimate of drug-likeness (QED) is 0.700. The number of amides is 2. The van der Waals surface area contributed by atoms with Crippen LogP contribution in [0.15, 0.2) is 24.3 Å². The molecule has 5 nitrogen and oxygen atoms in total. The second-order valence-electron chi connectivity index (χ2n) is 3.17.